The number of carboxylic acid groups (broad SMARTS) is 1. The van der Waals surface area contributed by atoms with E-state index in [2.05, 4.69) is 5.32 Å². The molecule has 0 saturated heterocycles. The average Bonchev–Trinajstić information content (AvgIpc) is 2.86. The summed E-state index contributed by atoms with van der Waals surface area (Å²) in [5.41, 5.74) is 3.78. The van der Waals surface area contributed by atoms with Crippen molar-refractivity contribution in [3.05, 3.63) is 35.1 Å². The molecule has 0 aliphatic carbocycles. The molecule has 6 heteroatoms. The van der Waals surface area contributed by atoms with E-state index in [1.165, 1.54) is 0 Å². The fraction of sp³-hybridized carbons (Fsp3) is 0.412. The summed E-state index contributed by atoms with van der Waals surface area (Å²) in [6.45, 7) is 4.02. The van der Waals surface area contributed by atoms with Gasteiger partial charge < -0.3 is 14.8 Å². The number of carbonyl (C=O) groups excluding carboxylic acids is 1. The highest BCUT2D eigenvalue weighted by molar-refractivity contribution is 7.98. The number of hydrogen-bond donors (Lipinski definition) is 2. The van der Waals surface area contributed by atoms with Crippen molar-refractivity contribution in [3.63, 3.8) is 0 Å². The summed E-state index contributed by atoms with van der Waals surface area (Å²) >= 11 is 1.55. The molecule has 1 aromatic heterocycles. The number of carbonyl (C=O) groups is 2. The minimum absolute atomic E-state index is 0.110. The van der Waals surface area contributed by atoms with Gasteiger partial charge in [0.2, 0.25) is 5.91 Å². The van der Waals surface area contributed by atoms with Gasteiger partial charge in [0.15, 0.2) is 0 Å². The predicted molar refractivity (Wildman–Crippen MR) is 92.0 cm³/mol. The van der Waals surface area contributed by atoms with Crippen molar-refractivity contribution >= 4 is 34.6 Å². The van der Waals surface area contributed by atoms with Crippen LogP contribution in [0.15, 0.2) is 22.8 Å². The molecule has 1 aromatic carbocycles. The molecule has 0 aliphatic rings. The minimum Gasteiger partial charge on any atom is -0.480 e. The van der Waals surface area contributed by atoms with Gasteiger partial charge in [-0.25, -0.2) is 4.79 Å². The molecule has 0 unspecified atom stereocenters. The SMILES string of the molecule is CSCC[C@@H](NC(=O)Cc1coc2cc(C)c(C)cc12)C(=O)O. The summed E-state index contributed by atoms with van der Waals surface area (Å²) < 4.78 is 5.50. The summed E-state index contributed by atoms with van der Waals surface area (Å²) in [4.78, 5) is 23.4. The molecule has 5 nitrogen and oxygen atoms in total. The number of furan rings is 1. The summed E-state index contributed by atoms with van der Waals surface area (Å²) in [7, 11) is 0. The Labute approximate surface area is 139 Å². The molecule has 0 aliphatic heterocycles. The summed E-state index contributed by atoms with van der Waals surface area (Å²) in [6.07, 6.45) is 3.99. The Kier molecular flexibility index (Phi) is 5.71. The van der Waals surface area contributed by atoms with Gasteiger partial charge in [0.25, 0.3) is 0 Å². The number of carboxylic acids is 1. The first-order valence-corrected chi connectivity index (χ1v) is 8.80. The van der Waals surface area contributed by atoms with Crippen LogP contribution >= 0.6 is 11.8 Å². The fourth-order valence-corrected chi connectivity index (χ4v) is 2.86. The average molecular weight is 335 g/mol. The Morgan fingerprint density at radius 2 is 2.00 bits per heavy atom. The van der Waals surface area contributed by atoms with Gasteiger partial charge in [-0.2, -0.15) is 11.8 Å². The van der Waals surface area contributed by atoms with Gasteiger partial charge in [0.05, 0.1) is 12.7 Å². The lowest BCUT2D eigenvalue weighted by Gasteiger charge is -2.13. The largest absolute Gasteiger partial charge is 0.480 e. The molecule has 23 heavy (non-hydrogen) atoms. The quantitative estimate of drug-likeness (QED) is 0.813. The monoisotopic (exact) mass is 335 g/mol. The van der Waals surface area contributed by atoms with Crippen molar-refractivity contribution in [1.29, 1.82) is 0 Å². The van der Waals surface area contributed by atoms with Gasteiger partial charge in [-0.3, -0.25) is 4.79 Å². The normalized spacial score (nSPS) is 12.3. The molecule has 0 saturated carbocycles. The van der Waals surface area contributed by atoms with Crippen molar-refractivity contribution in [2.45, 2.75) is 32.7 Å². The van der Waals surface area contributed by atoms with Crippen molar-refractivity contribution in [3.8, 4) is 0 Å². The van der Waals surface area contributed by atoms with E-state index in [0.717, 1.165) is 27.7 Å². The third-order valence-electron chi connectivity index (χ3n) is 3.86. The highest BCUT2D eigenvalue weighted by Crippen LogP contribution is 2.25. The number of hydrogen-bond acceptors (Lipinski definition) is 4. The Morgan fingerprint density at radius 1 is 1.30 bits per heavy atom. The van der Waals surface area contributed by atoms with Gasteiger partial charge in [0.1, 0.15) is 11.6 Å². The second-order valence-corrected chi connectivity index (χ2v) is 6.60. The third-order valence-corrected chi connectivity index (χ3v) is 4.51. The molecule has 0 spiro atoms. The summed E-state index contributed by atoms with van der Waals surface area (Å²) in [5.74, 6) is -0.625. The predicted octanol–water partition coefficient (Wildman–Crippen LogP) is 2.91. The van der Waals surface area contributed by atoms with E-state index in [9.17, 15) is 14.7 Å². The van der Waals surface area contributed by atoms with Crippen LogP contribution in [0.3, 0.4) is 0 Å². The van der Waals surface area contributed by atoms with Crippen LogP contribution in [-0.4, -0.2) is 35.0 Å². The maximum absolute atomic E-state index is 12.2. The zero-order valence-corrected chi connectivity index (χ0v) is 14.3. The maximum atomic E-state index is 12.2. The van der Waals surface area contributed by atoms with Crippen molar-refractivity contribution < 1.29 is 19.1 Å². The van der Waals surface area contributed by atoms with Gasteiger partial charge in [0, 0.05) is 10.9 Å². The standard InChI is InChI=1S/C17H21NO4S/c1-10-6-13-12(9-22-15(13)7-11(10)2)8-16(19)18-14(17(20)21)4-5-23-3/h6-7,9,14H,4-5,8H2,1-3H3,(H,18,19)(H,20,21)/t14-/m1/s1. The van der Waals surface area contributed by atoms with Crippen molar-refractivity contribution in [2.75, 3.05) is 12.0 Å². The number of fused-ring (bicyclic) bond motifs is 1. The zero-order valence-electron chi connectivity index (χ0n) is 13.5. The summed E-state index contributed by atoms with van der Waals surface area (Å²) in [5, 5.41) is 12.7. The molecule has 2 aromatic rings. The molecule has 0 radical (unpaired) electrons. The number of nitrogens with one attached hydrogen (secondary N) is 1. The minimum atomic E-state index is -1.00. The van der Waals surface area contributed by atoms with Crippen LogP contribution in [0.25, 0.3) is 11.0 Å². The number of thioether (sulfide) groups is 1. The van der Waals surface area contributed by atoms with Gasteiger partial charge in [-0.05, 0) is 55.5 Å². The van der Waals surface area contributed by atoms with Crippen LogP contribution in [0.2, 0.25) is 0 Å². The molecule has 1 atom stereocenters. The Bertz CT molecular complexity index is 723. The van der Waals surface area contributed by atoms with Crippen molar-refractivity contribution in [2.24, 2.45) is 0 Å². The third kappa shape index (κ3) is 4.28. The second-order valence-electron chi connectivity index (χ2n) is 5.61. The molecule has 1 amide bonds. The maximum Gasteiger partial charge on any atom is 0.326 e. The lowest BCUT2D eigenvalue weighted by Crippen LogP contribution is -2.41. The number of aryl methyl sites for hydroxylation is 2. The van der Waals surface area contributed by atoms with E-state index in [4.69, 9.17) is 4.42 Å². The van der Waals surface area contributed by atoms with Gasteiger partial charge >= 0.3 is 5.97 Å². The number of aliphatic carboxylic acids is 1. The van der Waals surface area contributed by atoms with Crippen LogP contribution in [0.4, 0.5) is 0 Å². The molecular formula is C17H21NO4S. The molecule has 1 heterocycles. The van der Waals surface area contributed by atoms with Gasteiger partial charge in [-0.15, -0.1) is 0 Å². The highest BCUT2D eigenvalue weighted by atomic mass is 32.2. The Morgan fingerprint density at radius 3 is 2.65 bits per heavy atom. The topological polar surface area (TPSA) is 79.5 Å². The van der Waals surface area contributed by atoms with Gasteiger partial charge in [-0.1, -0.05) is 0 Å². The first kappa shape index (κ1) is 17.4. The molecular weight excluding hydrogens is 314 g/mol. The molecule has 0 bridgehead atoms. The number of amides is 1. The van der Waals surface area contributed by atoms with E-state index in [1.54, 1.807) is 18.0 Å². The van der Waals surface area contributed by atoms with E-state index < -0.39 is 12.0 Å². The fourth-order valence-electron chi connectivity index (χ4n) is 2.38. The molecule has 2 rings (SSSR count). The van der Waals surface area contributed by atoms with E-state index in [-0.39, 0.29) is 12.3 Å². The Hall–Kier alpha value is -1.95. The van der Waals surface area contributed by atoms with E-state index in [0.29, 0.717) is 12.2 Å². The van der Waals surface area contributed by atoms with Crippen LogP contribution < -0.4 is 5.32 Å². The van der Waals surface area contributed by atoms with Crippen molar-refractivity contribution in [1.82, 2.24) is 5.32 Å². The first-order chi connectivity index (χ1) is 10.9. The second kappa shape index (κ2) is 7.55. The number of rotatable bonds is 7. The highest BCUT2D eigenvalue weighted by Gasteiger charge is 2.20. The smallest absolute Gasteiger partial charge is 0.326 e. The summed E-state index contributed by atoms with van der Waals surface area (Å²) in [6, 6.07) is 3.10. The number of benzene rings is 1. The van der Waals surface area contributed by atoms with Crippen LogP contribution in [-0.2, 0) is 16.0 Å². The Balaban J connectivity index is 2.10. The van der Waals surface area contributed by atoms with Crippen LogP contribution in [0.1, 0.15) is 23.1 Å². The van der Waals surface area contributed by atoms with E-state index >= 15 is 0 Å². The molecule has 2 N–H and O–H groups in total. The van der Waals surface area contributed by atoms with Crippen LogP contribution in [0.5, 0.6) is 0 Å². The van der Waals surface area contributed by atoms with E-state index in [1.807, 2.05) is 32.2 Å². The lowest BCUT2D eigenvalue weighted by atomic mass is 10.0. The zero-order chi connectivity index (χ0) is 17.0. The molecule has 124 valence electrons. The first-order valence-electron chi connectivity index (χ1n) is 7.40. The molecule has 0 fully saturated rings. The van der Waals surface area contributed by atoms with Crippen LogP contribution in [0, 0.1) is 13.8 Å². The lowest BCUT2D eigenvalue weighted by molar-refractivity contribution is -0.141.